The second-order valence-corrected chi connectivity index (χ2v) is 8.90. The Morgan fingerprint density at radius 2 is 1.88 bits per heavy atom. The van der Waals surface area contributed by atoms with Gasteiger partial charge in [0.25, 0.3) is 5.91 Å². The quantitative estimate of drug-likeness (QED) is 0.530. The maximum atomic E-state index is 13.7. The van der Waals surface area contributed by atoms with Crippen molar-refractivity contribution in [2.75, 3.05) is 38.0 Å². The lowest BCUT2D eigenvalue weighted by atomic mass is 10.2. The summed E-state index contributed by atoms with van der Waals surface area (Å²) in [6, 6.07) is 13.7. The molecule has 2 aromatic carbocycles. The number of amides is 2. The molecule has 172 valence electrons. The maximum absolute atomic E-state index is 13.7. The van der Waals surface area contributed by atoms with E-state index in [1.165, 1.54) is 17.4 Å². The molecule has 10 heteroatoms. The molecule has 1 fully saturated rings. The van der Waals surface area contributed by atoms with Crippen LogP contribution in [0, 0.1) is 5.82 Å². The molecule has 0 unspecified atom stereocenters. The molecular weight excluding hydrogens is 465 g/mol. The molecule has 0 bridgehead atoms. The monoisotopic (exact) mass is 487 g/mol. The van der Waals surface area contributed by atoms with Crippen molar-refractivity contribution in [1.29, 1.82) is 0 Å². The van der Waals surface area contributed by atoms with Crippen molar-refractivity contribution in [1.82, 2.24) is 20.1 Å². The number of anilines is 2. The molecule has 3 aromatic rings. The zero-order valence-electron chi connectivity index (χ0n) is 17.8. The summed E-state index contributed by atoms with van der Waals surface area (Å²) in [6.07, 6.45) is 0. The Morgan fingerprint density at radius 3 is 2.64 bits per heavy atom. The van der Waals surface area contributed by atoms with E-state index in [1.54, 1.807) is 40.6 Å². The van der Waals surface area contributed by atoms with Gasteiger partial charge in [-0.25, -0.2) is 9.37 Å². The molecular formula is C23H23ClFN5O2S. The Morgan fingerprint density at radius 1 is 1.09 bits per heavy atom. The fourth-order valence-electron chi connectivity index (χ4n) is 3.48. The van der Waals surface area contributed by atoms with Crippen LogP contribution in [0.5, 0.6) is 0 Å². The molecule has 1 aromatic heterocycles. The van der Waals surface area contributed by atoms with Crippen molar-refractivity contribution in [3.05, 3.63) is 76.0 Å². The van der Waals surface area contributed by atoms with E-state index in [4.69, 9.17) is 11.6 Å². The molecule has 1 aliphatic heterocycles. The maximum Gasteiger partial charge on any atom is 0.273 e. The Hall–Kier alpha value is -3.01. The van der Waals surface area contributed by atoms with Crippen molar-refractivity contribution in [3.8, 4) is 0 Å². The largest absolute Gasteiger partial charge is 0.351 e. The number of nitrogens with zero attached hydrogens (tertiary/aromatic N) is 3. The summed E-state index contributed by atoms with van der Waals surface area (Å²) in [7, 11) is 0. The summed E-state index contributed by atoms with van der Waals surface area (Å²) < 4.78 is 13.7. The van der Waals surface area contributed by atoms with Gasteiger partial charge < -0.3 is 15.5 Å². The SMILES string of the molecule is O=C(CN1CCN(C(=O)c2csc(Nc3cccc(Cl)c3)n2)CC1)NCc1ccccc1F. The number of nitrogens with one attached hydrogen (secondary N) is 2. The third kappa shape index (κ3) is 6.28. The number of thiazole rings is 1. The summed E-state index contributed by atoms with van der Waals surface area (Å²) in [5.41, 5.74) is 1.65. The van der Waals surface area contributed by atoms with E-state index < -0.39 is 0 Å². The molecule has 2 heterocycles. The number of halogens is 2. The number of hydrogen-bond acceptors (Lipinski definition) is 6. The molecule has 0 radical (unpaired) electrons. The van der Waals surface area contributed by atoms with Crippen LogP contribution in [-0.4, -0.2) is 59.3 Å². The van der Waals surface area contributed by atoms with E-state index in [1.807, 2.05) is 17.0 Å². The van der Waals surface area contributed by atoms with Gasteiger partial charge in [0.15, 0.2) is 5.13 Å². The van der Waals surface area contributed by atoms with E-state index in [9.17, 15) is 14.0 Å². The van der Waals surface area contributed by atoms with Gasteiger partial charge in [-0.3, -0.25) is 14.5 Å². The van der Waals surface area contributed by atoms with Crippen LogP contribution in [0.3, 0.4) is 0 Å². The fraction of sp³-hybridized carbons (Fsp3) is 0.261. The van der Waals surface area contributed by atoms with Crippen molar-refractivity contribution in [2.45, 2.75) is 6.54 Å². The van der Waals surface area contributed by atoms with Gasteiger partial charge in [0.1, 0.15) is 11.5 Å². The molecule has 7 nitrogen and oxygen atoms in total. The summed E-state index contributed by atoms with van der Waals surface area (Å²) >= 11 is 7.35. The lowest BCUT2D eigenvalue weighted by Crippen LogP contribution is -2.51. The van der Waals surface area contributed by atoms with E-state index >= 15 is 0 Å². The van der Waals surface area contributed by atoms with Gasteiger partial charge in [0, 0.05) is 54.4 Å². The minimum absolute atomic E-state index is 0.131. The van der Waals surface area contributed by atoms with Gasteiger partial charge >= 0.3 is 0 Å². The third-order valence-corrected chi connectivity index (χ3v) is 6.25. The molecule has 0 atom stereocenters. The highest BCUT2D eigenvalue weighted by Gasteiger charge is 2.25. The highest BCUT2D eigenvalue weighted by atomic mass is 35.5. The van der Waals surface area contributed by atoms with E-state index in [0.29, 0.717) is 47.6 Å². The molecule has 1 saturated heterocycles. The Labute approximate surface area is 200 Å². The predicted octanol–water partition coefficient (Wildman–Crippen LogP) is 3.75. The number of rotatable bonds is 7. The number of carbonyl (C=O) groups excluding carboxylic acids is 2. The first-order valence-electron chi connectivity index (χ1n) is 10.5. The first-order chi connectivity index (χ1) is 16.0. The topological polar surface area (TPSA) is 77.6 Å². The van der Waals surface area contributed by atoms with Crippen molar-refractivity contribution >= 4 is 45.6 Å². The Balaban J connectivity index is 1.23. The number of aromatic nitrogens is 1. The molecule has 0 spiro atoms. The normalized spacial score (nSPS) is 14.2. The number of piperazine rings is 1. The van der Waals surface area contributed by atoms with E-state index in [2.05, 4.69) is 15.6 Å². The van der Waals surface area contributed by atoms with E-state index in [-0.39, 0.29) is 30.7 Å². The number of carbonyl (C=O) groups is 2. The van der Waals surface area contributed by atoms with Gasteiger partial charge in [-0.1, -0.05) is 35.9 Å². The number of benzene rings is 2. The zero-order chi connectivity index (χ0) is 23.2. The molecule has 2 amide bonds. The average molecular weight is 488 g/mol. The third-order valence-electron chi connectivity index (χ3n) is 5.26. The predicted molar refractivity (Wildman–Crippen MR) is 127 cm³/mol. The Kier molecular flexibility index (Phi) is 7.54. The van der Waals surface area contributed by atoms with Gasteiger partial charge in [-0.2, -0.15) is 0 Å². The average Bonchev–Trinajstić information content (AvgIpc) is 3.27. The number of hydrogen-bond donors (Lipinski definition) is 2. The Bertz CT molecular complexity index is 1130. The van der Waals surface area contributed by atoms with Crippen LogP contribution in [0.25, 0.3) is 0 Å². The smallest absolute Gasteiger partial charge is 0.273 e. The van der Waals surface area contributed by atoms with Crippen LogP contribution in [-0.2, 0) is 11.3 Å². The van der Waals surface area contributed by atoms with E-state index in [0.717, 1.165) is 5.69 Å². The van der Waals surface area contributed by atoms with Crippen LogP contribution >= 0.6 is 22.9 Å². The minimum Gasteiger partial charge on any atom is -0.351 e. The highest BCUT2D eigenvalue weighted by molar-refractivity contribution is 7.14. The van der Waals surface area contributed by atoms with Gasteiger partial charge in [0.2, 0.25) is 5.91 Å². The molecule has 33 heavy (non-hydrogen) atoms. The van der Waals surface area contributed by atoms with Crippen molar-refractivity contribution < 1.29 is 14.0 Å². The second-order valence-electron chi connectivity index (χ2n) is 7.61. The van der Waals surface area contributed by atoms with Gasteiger partial charge in [0.05, 0.1) is 6.54 Å². The molecule has 0 aliphatic carbocycles. The van der Waals surface area contributed by atoms with Crippen LogP contribution in [0.4, 0.5) is 15.2 Å². The summed E-state index contributed by atoms with van der Waals surface area (Å²) in [5, 5.41) is 8.87. The summed E-state index contributed by atoms with van der Waals surface area (Å²) in [6.45, 7) is 2.54. The minimum atomic E-state index is -0.335. The fourth-order valence-corrected chi connectivity index (χ4v) is 4.38. The molecule has 0 saturated carbocycles. The van der Waals surface area contributed by atoms with Crippen molar-refractivity contribution in [3.63, 3.8) is 0 Å². The first kappa shape index (κ1) is 23.2. The molecule has 2 N–H and O–H groups in total. The molecule has 1 aliphatic rings. The lowest BCUT2D eigenvalue weighted by molar-refractivity contribution is -0.122. The summed E-state index contributed by atoms with van der Waals surface area (Å²) in [5.74, 6) is -0.638. The molecule has 4 rings (SSSR count). The van der Waals surface area contributed by atoms with Gasteiger partial charge in [-0.15, -0.1) is 11.3 Å². The summed E-state index contributed by atoms with van der Waals surface area (Å²) in [4.78, 5) is 33.2. The highest BCUT2D eigenvalue weighted by Crippen LogP contribution is 2.24. The zero-order valence-corrected chi connectivity index (χ0v) is 19.3. The van der Waals surface area contributed by atoms with Gasteiger partial charge in [-0.05, 0) is 24.3 Å². The van der Waals surface area contributed by atoms with Crippen LogP contribution in [0.1, 0.15) is 16.1 Å². The van der Waals surface area contributed by atoms with Crippen LogP contribution in [0.2, 0.25) is 5.02 Å². The first-order valence-corrected chi connectivity index (χ1v) is 11.7. The van der Waals surface area contributed by atoms with Crippen LogP contribution in [0.15, 0.2) is 53.9 Å². The van der Waals surface area contributed by atoms with Crippen molar-refractivity contribution in [2.24, 2.45) is 0 Å². The van der Waals surface area contributed by atoms with Crippen LogP contribution < -0.4 is 10.6 Å². The standard InChI is InChI=1S/C23H23ClFN5O2S/c24-17-5-3-6-18(12-17)27-23-28-20(15-33-23)22(32)30-10-8-29(9-11-30)14-21(31)26-13-16-4-1-2-7-19(16)25/h1-7,12,15H,8-11,13-14H2,(H,26,31)(H,27,28). The second kappa shape index (κ2) is 10.7. The lowest BCUT2D eigenvalue weighted by Gasteiger charge is -2.33.